The van der Waals surface area contributed by atoms with E-state index in [1.807, 2.05) is 24.3 Å². The summed E-state index contributed by atoms with van der Waals surface area (Å²) in [6.07, 6.45) is 0. The molecule has 0 aliphatic rings. The van der Waals surface area contributed by atoms with E-state index < -0.39 is 0 Å². The van der Waals surface area contributed by atoms with Crippen molar-refractivity contribution >= 4 is 39.1 Å². The van der Waals surface area contributed by atoms with Crippen LogP contribution in [0.3, 0.4) is 0 Å². The van der Waals surface area contributed by atoms with Crippen LogP contribution in [-0.4, -0.2) is 25.4 Å². The zero-order chi connectivity index (χ0) is 15.9. The lowest BCUT2D eigenvalue weighted by molar-refractivity contribution is -0.114. The first-order valence-electron chi connectivity index (χ1n) is 6.70. The number of carbonyl (C=O) groups excluding carboxylic acids is 2. The van der Waals surface area contributed by atoms with Gasteiger partial charge < -0.3 is 16.0 Å². The summed E-state index contributed by atoms with van der Waals surface area (Å²) in [6.45, 7) is 0.140. The minimum absolute atomic E-state index is 0.140. The van der Waals surface area contributed by atoms with Gasteiger partial charge in [0, 0.05) is 28.5 Å². The maximum Gasteiger partial charge on any atom is 0.251 e. The van der Waals surface area contributed by atoms with Crippen molar-refractivity contribution in [3.05, 3.63) is 58.6 Å². The van der Waals surface area contributed by atoms with E-state index in [9.17, 15) is 9.59 Å². The van der Waals surface area contributed by atoms with E-state index in [0.717, 1.165) is 10.2 Å². The third-order valence-electron chi connectivity index (χ3n) is 2.91. The van der Waals surface area contributed by atoms with Crippen LogP contribution in [0.4, 0.5) is 11.4 Å². The van der Waals surface area contributed by atoms with E-state index in [1.54, 1.807) is 31.3 Å². The molecule has 0 radical (unpaired) electrons. The average molecular weight is 362 g/mol. The fraction of sp³-hybridized carbons (Fsp3) is 0.125. The zero-order valence-electron chi connectivity index (χ0n) is 12.0. The lowest BCUT2D eigenvalue weighted by Crippen LogP contribution is -2.22. The Kier molecular flexibility index (Phi) is 5.55. The molecule has 0 unspecified atom stereocenters. The van der Waals surface area contributed by atoms with Gasteiger partial charge in [-0.1, -0.05) is 28.1 Å². The Balaban J connectivity index is 1.93. The maximum atomic E-state index is 11.9. The summed E-state index contributed by atoms with van der Waals surface area (Å²) < 4.78 is 0.941. The SMILES string of the molecule is CNC(=O)c1cccc(NC(=O)CNc2cccc(Br)c2)c1. The molecule has 0 fully saturated rings. The molecule has 2 amide bonds. The van der Waals surface area contributed by atoms with Crippen molar-refractivity contribution in [1.82, 2.24) is 5.32 Å². The van der Waals surface area contributed by atoms with E-state index in [2.05, 4.69) is 31.9 Å². The Hall–Kier alpha value is -2.34. The Bertz CT molecular complexity index is 689. The van der Waals surface area contributed by atoms with Crippen molar-refractivity contribution in [2.24, 2.45) is 0 Å². The predicted molar refractivity (Wildman–Crippen MR) is 91.1 cm³/mol. The van der Waals surface area contributed by atoms with Crippen LogP contribution in [0.2, 0.25) is 0 Å². The van der Waals surface area contributed by atoms with Crippen molar-refractivity contribution in [3.8, 4) is 0 Å². The van der Waals surface area contributed by atoms with Gasteiger partial charge in [-0.2, -0.15) is 0 Å². The molecule has 6 heteroatoms. The van der Waals surface area contributed by atoms with Gasteiger partial charge in [-0.15, -0.1) is 0 Å². The molecule has 114 valence electrons. The van der Waals surface area contributed by atoms with Crippen molar-refractivity contribution in [1.29, 1.82) is 0 Å². The van der Waals surface area contributed by atoms with Crippen LogP contribution in [0.5, 0.6) is 0 Å². The average Bonchev–Trinajstić information content (AvgIpc) is 2.52. The minimum Gasteiger partial charge on any atom is -0.376 e. The van der Waals surface area contributed by atoms with E-state index in [-0.39, 0.29) is 18.4 Å². The van der Waals surface area contributed by atoms with Gasteiger partial charge in [0.2, 0.25) is 5.91 Å². The molecule has 0 spiro atoms. The molecule has 2 rings (SSSR count). The van der Waals surface area contributed by atoms with Gasteiger partial charge >= 0.3 is 0 Å². The monoisotopic (exact) mass is 361 g/mol. The molecule has 0 saturated heterocycles. The molecule has 2 aromatic rings. The smallest absolute Gasteiger partial charge is 0.251 e. The summed E-state index contributed by atoms with van der Waals surface area (Å²) in [5.74, 6) is -0.377. The number of hydrogen-bond donors (Lipinski definition) is 3. The maximum absolute atomic E-state index is 11.9. The number of benzene rings is 2. The van der Waals surface area contributed by atoms with Gasteiger partial charge in [-0.25, -0.2) is 0 Å². The fourth-order valence-corrected chi connectivity index (χ4v) is 2.27. The van der Waals surface area contributed by atoms with Crippen LogP contribution in [0, 0.1) is 0 Å². The fourth-order valence-electron chi connectivity index (χ4n) is 1.87. The molecule has 0 heterocycles. The highest BCUT2D eigenvalue weighted by molar-refractivity contribution is 9.10. The van der Waals surface area contributed by atoms with Crippen LogP contribution in [-0.2, 0) is 4.79 Å². The highest BCUT2D eigenvalue weighted by Gasteiger charge is 2.06. The van der Waals surface area contributed by atoms with Crippen molar-refractivity contribution in [3.63, 3.8) is 0 Å². The molecular formula is C16H16BrN3O2. The van der Waals surface area contributed by atoms with Gasteiger partial charge in [0.15, 0.2) is 0 Å². The summed E-state index contributed by atoms with van der Waals surface area (Å²) in [5.41, 5.74) is 1.94. The zero-order valence-corrected chi connectivity index (χ0v) is 13.6. The molecule has 0 aliphatic heterocycles. The summed E-state index contributed by atoms with van der Waals surface area (Å²) in [7, 11) is 1.56. The molecule has 22 heavy (non-hydrogen) atoms. The van der Waals surface area contributed by atoms with Crippen molar-refractivity contribution < 1.29 is 9.59 Å². The van der Waals surface area contributed by atoms with Crippen molar-refractivity contribution in [2.45, 2.75) is 0 Å². The topological polar surface area (TPSA) is 70.2 Å². The molecule has 0 bridgehead atoms. The first-order chi connectivity index (χ1) is 10.6. The molecule has 3 N–H and O–H groups in total. The van der Waals surface area contributed by atoms with E-state index in [1.165, 1.54) is 0 Å². The van der Waals surface area contributed by atoms with Gasteiger partial charge in [0.05, 0.1) is 6.54 Å². The molecule has 0 saturated carbocycles. The number of halogens is 1. The Morgan fingerprint density at radius 2 is 1.77 bits per heavy atom. The molecular weight excluding hydrogens is 346 g/mol. The normalized spacial score (nSPS) is 9.91. The van der Waals surface area contributed by atoms with Gasteiger partial charge in [0.25, 0.3) is 5.91 Å². The van der Waals surface area contributed by atoms with Gasteiger partial charge in [0.1, 0.15) is 0 Å². The summed E-state index contributed by atoms with van der Waals surface area (Å²) in [5, 5.41) is 8.33. The third kappa shape index (κ3) is 4.60. The van der Waals surface area contributed by atoms with E-state index in [4.69, 9.17) is 0 Å². The minimum atomic E-state index is -0.191. The summed E-state index contributed by atoms with van der Waals surface area (Å²) >= 11 is 3.37. The lowest BCUT2D eigenvalue weighted by atomic mass is 10.2. The molecule has 2 aromatic carbocycles. The van der Waals surface area contributed by atoms with Crippen LogP contribution >= 0.6 is 15.9 Å². The van der Waals surface area contributed by atoms with E-state index in [0.29, 0.717) is 11.3 Å². The first kappa shape index (κ1) is 16.0. The van der Waals surface area contributed by atoms with Gasteiger partial charge in [-0.05, 0) is 36.4 Å². The summed E-state index contributed by atoms with van der Waals surface area (Å²) in [4.78, 5) is 23.5. The Morgan fingerprint density at radius 3 is 2.50 bits per heavy atom. The standard InChI is InChI=1S/C16H16BrN3O2/c1-18-16(22)11-4-2-7-14(8-11)20-15(21)10-19-13-6-3-5-12(17)9-13/h2-9,19H,10H2,1H3,(H,18,22)(H,20,21). The third-order valence-corrected chi connectivity index (χ3v) is 3.41. The van der Waals surface area contributed by atoms with Crippen LogP contribution < -0.4 is 16.0 Å². The van der Waals surface area contributed by atoms with Gasteiger partial charge in [-0.3, -0.25) is 9.59 Å². The second kappa shape index (κ2) is 7.61. The van der Waals surface area contributed by atoms with Crippen LogP contribution in [0.1, 0.15) is 10.4 Å². The number of amides is 2. The quantitative estimate of drug-likeness (QED) is 0.766. The highest BCUT2D eigenvalue weighted by Crippen LogP contribution is 2.15. The highest BCUT2D eigenvalue weighted by atomic mass is 79.9. The molecule has 0 aromatic heterocycles. The van der Waals surface area contributed by atoms with Crippen LogP contribution in [0.15, 0.2) is 53.0 Å². The lowest BCUT2D eigenvalue weighted by Gasteiger charge is -2.09. The predicted octanol–water partition coefficient (Wildman–Crippen LogP) is 2.86. The number of nitrogens with one attached hydrogen (secondary N) is 3. The molecule has 0 atom stereocenters. The summed E-state index contributed by atoms with van der Waals surface area (Å²) in [6, 6.07) is 14.4. The van der Waals surface area contributed by atoms with Crippen LogP contribution in [0.25, 0.3) is 0 Å². The second-order valence-electron chi connectivity index (χ2n) is 4.57. The van der Waals surface area contributed by atoms with E-state index >= 15 is 0 Å². The second-order valence-corrected chi connectivity index (χ2v) is 5.49. The molecule has 5 nitrogen and oxygen atoms in total. The number of carbonyl (C=O) groups is 2. The largest absolute Gasteiger partial charge is 0.376 e. The number of hydrogen-bond acceptors (Lipinski definition) is 3. The Labute approximate surface area is 137 Å². The first-order valence-corrected chi connectivity index (χ1v) is 7.49. The Morgan fingerprint density at radius 1 is 1.05 bits per heavy atom. The van der Waals surface area contributed by atoms with Crippen molar-refractivity contribution in [2.75, 3.05) is 24.2 Å². The molecule has 0 aliphatic carbocycles. The number of rotatable bonds is 5. The number of anilines is 2.